The summed E-state index contributed by atoms with van der Waals surface area (Å²) in [6.07, 6.45) is 3.70. The lowest BCUT2D eigenvalue weighted by atomic mass is 9.94. The van der Waals surface area contributed by atoms with Gasteiger partial charge >= 0.3 is 5.97 Å². The third-order valence-corrected chi connectivity index (χ3v) is 5.05. The lowest BCUT2D eigenvalue weighted by Gasteiger charge is -2.32. The van der Waals surface area contributed by atoms with Gasteiger partial charge in [0.25, 0.3) is 0 Å². The molecule has 0 aromatic carbocycles. The van der Waals surface area contributed by atoms with Gasteiger partial charge in [-0.25, -0.2) is 0 Å². The molecule has 1 amide bonds. The van der Waals surface area contributed by atoms with E-state index >= 15 is 0 Å². The fourth-order valence-corrected chi connectivity index (χ4v) is 3.68. The van der Waals surface area contributed by atoms with Crippen LogP contribution in [-0.2, 0) is 9.59 Å². The minimum atomic E-state index is -0.861. The molecule has 1 aromatic heterocycles. The van der Waals surface area contributed by atoms with Gasteiger partial charge in [-0.15, -0.1) is 0 Å². The Balaban J connectivity index is 1.70. The average Bonchev–Trinajstić information content (AvgIpc) is 2.81. The topological polar surface area (TPSA) is 86.3 Å². The number of aromatic amines is 1. The van der Waals surface area contributed by atoms with E-state index in [1.165, 1.54) is 0 Å². The Labute approximate surface area is 123 Å². The molecule has 2 heterocycles. The first-order chi connectivity index (χ1) is 9.93. The first kappa shape index (κ1) is 14.1. The molecule has 2 N–H and O–H groups in total. The van der Waals surface area contributed by atoms with Crippen LogP contribution in [0.3, 0.4) is 0 Å². The number of H-pyrrole nitrogens is 1. The van der Waals surface area contributed by atoms with Crippen molar-refractivity contribution in [2.45, 2.75) is 32.6 Å². The Kier molecular flexibility index (Phi) is 3.26. The van der Waals surface area contributed by atoms with Crippen LogP contribution in [0.15, 0.2) is 12.3 Å². The van der Waals surface area contributed by atoms with E-state index in [1.807, 2.05) is 24.8 Å². The number of carbonyl (C=O) groups is 2. The van der Waals surface area contributed by atoms with Crippen molar-refractivity contribution in [3.8, 4) is 0 Å². The fourth-order valence-electron chi connectivity index (χ4n) is 3.68. The monoisotopic (exact) mass is 291 g/mol. The molecule has 3 atom stereocenters. The molecule has 2 fully saturated rings. The molecule has 3 rings (SSSR count). The standard InChI is InChI=1S/C15H21N3O3/c1-15(2)11(12(15)14(20)21)13(19)18-7-3-4-9(8-18)10-5-6-16-17-10/h5-6,9,11-12H,3-4,7-8H2,1-2H3,(H,16,17)(H,20,21). The summed E-state index contributed by atoms with van der Waals surface area (Å²) in [5.74, 6) is -1.51. The second-order valence-corrected chi connectivity index (χ2v) is 6.75. The maximum Gasteiger partial charge on any atom is 0.307 e. The van der Waals surface area contributed by atoms with E-state index in [-0.39, 0.29) is 17.7 Å². The number of nitrogens with one attached hydrogen (secondary N) is 1. The van der Waals surface area contributed by atoms with E-state index in [2.05, 4.69) is 10.2 Å². The third-order valence-electron chi connectivity index (χ3n) is 5.05. The summed E-state index contributed by atoms with van der Waals surface area (Å²) in [5, 5.41) is 16.2. The van der Waals surface area contributed by atoms with Crippen LogP contribution in [-0.4, -0.2) is 45.2 Å². The normalized spacial score (nSPS) is 31.0. The molecule has 6 heteroatoms. The van der Waals surface area contributed by atoms with Crippen LogP contribution >= 0.6 is 0 Å². The average molecular weight is 291 g/mol. The Morgan fingerprint density at radius 1 is 1.43 bits per heavy atom. The van der Waals surface area contributed by atoms with E-state index < -0.39 is 17.3 Å². The summed E-state index contributed by atoms with van der Waals surface area (Å²) >= 11 is 0. The molecular formula is C15H21N3O3. The quantitative estimate of drug-likeness (QED) is 0.883. The van der Waals surface area contributed by atoms with E-state index in [9.17, 15) is 14.7 Å². The molecule has 0 radical (unpaired) electrons. The molecule has 0 spiro atoms. The lowest BCUT2D eigenvalue weighted by Crippen LogP contribution is -2.41. The van der Waals surface area contributed by atoms with Crippen LogP contribution in [0.2, 0.25) is 0 Å². The number of aliphatic carboxylic acids is 1. The highest BCUT2D eigenvalue weighted by molar-refractivity contribution is 5.91. The van der Waals surface area contributed by atoms with Gasteiger partial charge in [0.1, 0.15) is 0 Å². The van der Waals surface area contributed by atoms with Gasteiger partial charge in [-0.1, -0.05) is 13.8 Å². The smallest absolute Gasteiger partial charge is 0.307 e. The molecule has 1 aliphatic heterocycles. The molecule has 1 saturated heterocycles. The Hall–Kier alpha value is -1.85. The summed E-state index contributed by atoms with van der Waals surface area (Å²) in [6, 6.07) is 1.94. The number of aromatic nitrogens is 2. The number of carboxylic acids is 1. The summed E-state index contributed by atoms with van der Waals surface area (Å²) in [5.41, 5.74) is 0.626. The second-order valence-electron chi connectivity index (χ2n) is 6.75. The first-order valence-corrected chi connectivity index (χ1v) is 7.43. The van der Waals surface area contributed by atoms with Crippen molar-refractivity contribution >= 4 is 11.9 Å². The minimum Gasteiger partial charge on any atom is -0.481 e. The van der Waals surface area contributed by atoms with E-state index in [4.69, 9.17) is 0 Å². The van der Waals surface area contributed by atoms with Gasteiger partial charge in [0.05, 0.1) is 11.8 Å². The van der Waals surface area contributed by atoms with Crippen molar-refractivity contribution in [1.29, 1.82) is 0 Å². The van der Waals surface area contributed by atoms with Crippen molar-refractivity contribution in [2.75, 3.05) is 13.1 Å². The Bertz CT molecular complexity index is 553. The zero-order valence-corrected chi connectivity index (χ0v) is 12.4. The predicted octanol–water partition coefficient (Wildman–Crippen LogP) is 1.47. The number of hydrogen-bond donors (Lipinski definition) is 2. The van der Waals surface area contributed by atoms with Crippen molar-refractivity contribution < 1.29 is 14.7 Å². The highest BCUT2D eigenvalue weighted by atomic mass is 16.4. The number of nitrogens with zero attached hydrogens (tertiary/aromatic N) is 2. The van der Waals surface area contributed by atoms with E-state index in [0.717, 1.165) is 25.1 Å². The molecule has 2 aliphatic rings. The van der Waals surface area contributed by atoms with E-state index in [1.54, 1.807) is 6.20 Å². The van der Waals surface area contributed by atoms with Gasteiger partial charge in [-0.3, -0.25) is 14.7 Å². The molecular weight excluding hydrogens is 270 g/mol. The zero-order valence-electron chi connectivity index (χ0n) is 12.4. The molecule has 1 aliphatic carbocycles. The summed E-state index contributed by atoms with van der Waals surface area (Å²) < 4.78 is 0. The summed E-state index contributed by atoms with van der Waals surface area (Å²) in [4.78, 5) is 25.7. The molecule has 21 heavy (non-hydrogen) atoms. The molecule has 0 bridgehead atoms. The number of rotatable bonds is 3. The number of carbonyl (C=O) groups excluding carboxylic acids is 1. The SMILES string of the molecule is CC1(C)C(C(=O)O)C1C(=O)N1CCCC(c2ccn[nH]2)C1. The van der Waals surface area contributed by atoms with Crippen molar-refractivity contribution in [2.24, 2.45) is 17.3 Å². The van der Waals surface area contributed by atoms with Gasteiger partial charge < -0.3 is 10.0 Å². The summed E-state index contributed by atoms with van der Waals surface area (Å²) in [6.45, 7) is 5.11. The molecule has 114 valence electrons. The van der Waals surface area contributed by atoms with Crippen molar-refractivity contribution in [3.05, 3.63) is 18.0 Å². The van der Waals surface area contributed by atoms with Crippen LogP contribution in [0.5, 0.6) is 0 Å². The van der Waals surface area contributed by atoms with Crippen LogP contribution in [0.4, 0.5) is 0 Å². The maximum absolute atomic E-state index is 12.6. The molecule has 3 unspecified atom stereocenters. The van der Waals surface area contributed by atoms with Gasteiger partial charge in [0.15, 0.2) is 0 Å². The highest BCUT2D eigenvalue weighted by Crippen LogP contribution is 2.59. The first-order valence-electron chi connectivity index (χ1n) is 7.43. The van der Waals surface area contributed by atoms with Crippen LogP contribution in [0.25, 0.3) is 0 Å². The largest absolute Gasteiger partial charge is 0.481 e. The van der Waals surface area contributed by atoms with E-state index in [0.29, 0.717) is 6.54 Å². The Morgan fingerprint density at radius 3 is 2.76 bits per heavy atom. The minimum absolute atomic E-state index is 0.00313. The van der Waals surface area contributed by atoms with Gasteiger partial charge in [0, 0.05) is 30.9 Å². The predicted molar refractivity (Wildman–Crippen MR) is 75.5 cm³/mol. The Morgan fingerprint density at radius 2 is 2.19 bits per heavy atom. The number of carboxylic acid groups (broad SMARTS) is 1. The number of hydrogen-bond acceptors (Lipinski definition) is 3. The third kappa shape index (κ3) is 2.32. The fraction of sp³-hybridized carbons (Fsp3) is 0.667. The van der Waals surface area contributed by atoms with Gasteiger partial charge in [-0.2, -0.15) is 5.10 Å². The zero-order chi connectivity index (χ0) is 15.2. The van der Waals surface area contributed by atoms with Crippen LogP contribution < -0.4 is 0 Å². The highest BCUT2D eigenvalue weighted by Gasteiger charge is 2.66. The van der Waals surface area contributed by atoms with Gasteiger partial charge in [0.2, 0.25) is 5.91 Å². The molecule has 1 aromatic rings. The maximum atomic E-state index is 12.6. The second kappa shape index (κ2) is 4.86. The van der Waals surface area contributed by atoms with Gasteiger partial charge in [-0.05, 0) is 24.3 Å². The molecule has 6 nitrogen and oxygen atoms in total. The van der Waals surface area contributed by atoms with Crippen molar-refractivity contribution in [1.82, 2.24) is 15.1 Å². The number of piperidine rings is 1. The number of likely N-dealkylation sites (tertiary alicyclic amines) is 1. The lowest BCUT2D eigenvalue weighted by molar-refractivity contribution is -0.142. The van der Waals surface area contributed by atoms with Crippen molar-refractivity contribution in [3.63, 3.8) is 0 Å². The summed E-state index contributed by atoms with van der Waals surface area (Å²) in [7, 11) is 0. The van der Waals surface area contributed by atoms with Crippen LogP contribution in [0, 0.1) is 17.3 Å². The van der Waals surface area contributed by atoms with Crippen LogP contribution in [0.1, 0.15) is 38.3 Å². The molecule has 1 saturated carbocycles. The number of amides is 1.